The summed E-state index contributed by atoms with van der Waals surface area (Å²) in [6, 6.07) is 7.64. The van der Waals surface area contributed by atoms with Crippen LogP contribution in [0.3, 0.4) is 0 Å². The standard InChI is InChI=1S/C15H18N2O3S/c1-20-13-5-4-11-6-7-16-15(14(11)9-13)17-12-3-2-8-21(18,19)10-12/h4-7,9,12H,2-3,8,10H2,1H3,(H,16,17). The molecule has 2 heterocycles. The van der Waals surface area contributed by atoms with Gasteiger partial charge in [0.05, 0.1) is 18.6 Å². The number of nitrogens with one attached hydrogen (secondary N) is 1. The van der Waals surface area contributed by atoms with E-state index >= 15 is 0 Å². The van der Waals surface area contributed by atoms with E-state index in [1.807, 2.05) is 24.3 Å². The first-order valence-corrected chi connectivity index (χ1v) is 8.79. The van der Waals surface area contributed by atoms with Gasteiger partial charge in [-0.25, -0.2) is 13.4 Å². The zero-order valence-corrected chi connectivity index (χ0v) is 12.7. The molecule has 1 aliphatic heterocycles. The zero-order valence-electron chi connectivity index (χ0n) is 11.9. The molecule has 1 N–H and O–H groups in total. The number of benzene rings is 1. The Labute approximate surface area is 124 Å². The lowest BCUT2D eigenvalue weighted by Crippen LogP contribution is -2.35. The molecule has 1 saturated heterocycles. The molecule has 3 rings (SSSR count). The Hall–Kier alpha value is -1.82. The van der Waals surface area contributed by atoms with E-state index in [4.69, 9.17) is 4.74 Å². The van der Waals surface area contributed by atoms with Crippen LogP contribution in [0.1, 0.15) is 12.8 Å². The molecule has 0 bridgehead atoms. The summed E-state index contributed by atoms with van der Waals surface area (Å²) < 4.78 is 28.7. The first kappa shape index (κ1) is 14.1. The number of anilines is 1. The van der Waals surface area contributed by atoms with Crippen LogP contribution < -0.4 is 10.1 Å². The molecule has 1 unspecified atom stereocenters. The second-order valence-corrected chi connectivity index (χ2v) is 7.57. The lowest BCUT2D eigenvalue weighted by atomic mass is 10.1. The van der Waals surface area contributed by atoms with Gasteiger partial charge in [0.15, 0.2) is 9.84 Å². The molecule has 21 heavy (non-hydrogen) atoms. The molecule has 112 valence electrons. The SMILES string of the molecule is COc1ccc2ccnc(NC3CCCS(=O)(=O)C3)c2c1. The number of hydrogen-bond donors (Lipinski definition) is 1. The summed E-state index contributed by atoms with van der Waals surface area (Å²) in [5.41, 5.74) is 0. The minimum absolute atomic E-state index is 0.0759. The van der Waals surface area contributed by atoms with Gasteiger partial charge in [-0.05, 0) is 36.4 Å². The average molecular weight is 306 g/mol. The van der Waals surface area contributed by atoms with E-state index in [-0.39, 0.29) is 11.8 Å². The number of pyridine rings is 1. The Balaban J connectivity index is 1.93. The summed E-state index contributed by atoms with van der Waals surface area (Å²) in [6.45, 7) is 0. The minimum Gasteiger partial charge on any atom is -0.497 e. The summed E-state index contributed by atoms with van der Waals surface area (Å²) >= 11 is 0. The van der Waals surface area contributed by atoms with Crippen LogP contribution in [0, 0.1) is 0 Å². The minimum atomic E-state index is -2.93. The topological polar surface area (TPSA) is 68.3 Å². The van der Waals surface area contributed by atoms with Gasteiger partial charge >= 0.3 is 0 Å². The second-order valence-electron chi connectivity index (χ2n) is 5.34. The van der Waals surface area contributed by atoms with Crippen molar-refractivity contribution in [1.29, 1.82) is 0 Å². The quantitative estimate of drug-likeness (QED) is 0.942. The fourth-order valence-electron chi connectivity index (χ4n) is 2.72. The number of ether oxygens (including phenoxy) is 1. The van der Waals surface area contributed by atoms with Crippen molar-refractivity contribution in [2.45, 2.75) is 18.9 Å². The fourth-order valence-corrected chi connectivity index (χ4v) is 4.36. The maximum atomic E-state index is 11.7. The van der Waals surface area contributed by atoms with E-state index in [2.05, 4.69) is 10.3 Å². The van der Waals surface area contributed by atoms with Crippen LogP contribution >= 0.6 is 0 Å². The van der Waals surface area contributed by atoms with Crippen LogP contribution in [0.2, 0.25) is 0 Å². The van der Waals surface area contributed by atoms with E-state index in [9.17, 15) is 8.42 Å². The third kappa shape index (κ3) is 3.10. The summed E-state index contributed by atoms with van der Waals surface area (Å²) in [6.07, 6.45) is 3.28. The first-order valence-electron chi connectivity index (χ1n) is 6.97. The highest BCUT2D eigenvalue weighted by Gasteiger charge is 2.25. The molecular formula is C15H18N2O3S. The summed E-state index contributed by atoms with van der Waals surface area (Å²) in [5, 5.41) is 5.28. The van der Waals surface area contributed by atoms with Crippen LogP contribution in [0.25, 0.3) is 10.8 Å². The lowest BCUT2D eigenvalue weighted by Gasteiger charge is -2.24. The Morgan fingerprint density at radius 2 is 2.19 bits per heavy atom. The molecule has 0 radical (unpaired) electrons. The second kappa shape index (κ2) is 5.52. The summed E-state index contributed by atoms with van der Waals surface area (Å²) in [7, 11) is -1.31. The normalized spacial score (nSPS) is 21.1. The van der Waals surface area contributed by atoms with Crippen molar-refractivity contribution in [2.75, 3.05) is 23.9 Å². The van der Waals surface area contributed by atoms with E-state index in [1.54, 1.807) is 13.3 Å². The number of rotatable bonds is 3. The number of aromatic nitrogens is 1. The summed E-state index contributed by atoms with van der Waals surface area (Å²) in [5.74, 6) is 1.94. The molecule has 0 amide bonds. The molecular weight excluding hydrogens is 288 g/mol. The Morgan fingerprint density at radius 1 is 1.33 bits per heavy atom. The number of nitrogens with zero attached hydrogens (tertiary/aromatic N) is 1. The predicted molar refractivity (Wildman–Crippen MR) is 83.6 cm³/mol. The van der Waals surface area contributed by atoms with Gasteiger partial charge in [-0.1, -0.05) is 6.07 Å². The largest absolute Gasteiger partial charge is 0.497 e. The molecule has 5 nitrogen and oxygen atoms in total. The fraction of sp³-hybridized carbons (Fsp3) is 0.400. The molecule has 1 aromatic heterocycles. The van der Waals surface area contributed by atoms with Crippen LogP contribution in [-0.4, -0.2) is 38.1 Å². The van der Waals surface area contributed by atoms with Gasteiger partial charge < -0.3 is 10.1 Å². The van der Waals surface area contributed by atoms with Crippen molar-refractivity contribution in [1.82, 2.24) is 4.98 Å². The molecule has 6 heteroatoms. The van der Waals surface area contributed by atoms with Crippen LogP contribution in [0.4, 0.5) is 5.82 Å². The number of fused-ring (bicyclic) bond motifs is 1. The van der Waals surface area contributed by atoms with Crippen molar-refractivity contribution in [3.63, 3.8) is 0 Å². The zero-order chi connectivity index (χ0) is 14.9. The van der Waals surface area contributed by atoms with E-state index in [0.717, 1.165) is 22.9 Å². The first-order chi connectivity index (χ1) is 10.1. The van der Waals surface area contributed by atoms with Crippen LogP contribution in [0.15, 0.2) is 30.5 Å². The molecule has 0 spiro atoms. The molecule has 1 aromatic carbocycles. The Bertz CT molecular complexity index is 759. The highest BCUT2D eigenvalue weighted by molar-refractivity contribution is 7.91. The van der Waals surface area contributed by atoms with Gasteiger partial charge in [-0.2, -0.15) is 0 Å². The van der Waals surface area contributed by atoms with Crippen molar-refractivity contribution < 1.29 is 13.2 Å². The number of methoxy groups -OCH3 is 1. The Morgan fingerprint density at radius 3 is 2.95 bits per heavy atom. The highest BCUT2D eigenvalue weighted by atomic mass is 32.2. The molecule has 1 fully saturated rings. The van der Waals surface area contributed by atoms with Gasteiger partial charge in [-0.3, -0.25) is 0 Å². The maximum Gasteiger partial charge on any atom is 0.152 e. The van der Waals surface area contributed by atoms with Crippen LogP contribution in [-0.2, 0) is 9.84 Å². The lowest BCUT2D eigenvalue weighted by molar-refractivity contribution is 0.415. The van der Waals surface area contributed by atoms with Crippen molar-refractivity contribution in [3.8, 4) is 5.75 Å². The maximum absolute atomic E-state index is 11.7. The van der Waals surface area contributed by atoms with Gasteiger partial charge in [0, 0.05) is 17.6 Å². The van der Waals surface area contributed by atoms with Gasteiger partial charge in [-0.15, -0.1) is 0 Å². The Kier molecular flexibility index (Phi) is 3.71. The van der Waals surface area contributed by atoms with E-state index < -0.39 is 9.84 Å². The molecule has 0 saturated carbocycles. The van der Waals surface area contributed by atoms with Crippen molar-refractivity contribution in [3.05, 3.63) is 30.5 Å². The third-order valence-electron chi connectivity index (χ3n) is 3.78. The summed E-state index contributed by atoms with van der Waals surface area (Å²) in [4.78, 5) is 4.36. The van der Waals surface area contributed by atoms with Crippen LogP contribution in [0.5, 0.6) is 5.75 Å². The molecule has 0 aliphatic carbocycles. The number of hydrogen-bond acceptors (Lipinski definition) is 5. The molecule has 1 atom stereocenters. The molecule has 1 aliphatic rings. The average Bonchev–Trinajstić information content (AvgIpc) is 2.46. The smallest absolute Gasteiger partial charge is 0.152 e. The monoisotopic (exact) mass is 306 g/mol. The third-order valence-corrected chi connectivity index (χ3v) is 5.60. The van der Waals surface area contributed by atoms with E-state index in [1.165, 1.54) is 0 Å². The highest BCUT2D eigenvalue weighted by Crippen LogP contribution is 2.27. The molecule has 2 aromatic rings. The van der Waals surface area contributed by atoms with Gasteiger partial charge in [0.2, 0.25) is 0 Å². The van der Waals surface area contributed by atoms with Crippen molar-refractivity contribution >= 4 is 26.4 Å². The number of sulfone groups is 1. The van der Waals surface area contributed by atoms with Gasteiger partial charge in [0.25, 0.3) is 0 Å². The van der Waals surface area contributed by atoms with Gasteiger partial charge in [0.1, 0.15) is 11.6 Å². The van der Waals surface area contributed by atoms with E-state index in [0.29, 0.717) is 18.0 Å². The predicted octanol–water partition coefficient (Wildman–Crippen LogP) is 2.23. The van der Waals surface area contributed by atoms with Crippen molar-refractivity contribution in [2.24, 2.45) is 0 Å².